The summed E-state index contributed by atoms with van der Waals surface area (Å²) in [6.07, 6.45) is 1.76. The van der Waals surface area contributed by atoms with Crippen LogP contribution in [0.4, 0.5) is 4.79 Å². The first kappa shape index (κ1) is 18.6. The van der Waals surface area contributed by atoms with Gasteiger partial charge in [-0.15, -0.1) is 0 Å². The highest BCUT2D eigenvalue weighted by Crippen LogP contribution is 2.21. The minimum absolute atomic E-state index is 0.195. The van der Waals surface area contributed by atoms with E-state index in [1.807, 2.05) is 32.9 Å². The lowest BCUT2D eigenvalue weighted by Crippen LogP contribution is -2.43. The van der Waals surface area contributed by atoms with Crippen molar-refractivity contribution in [2.45, 2.75) is 52.2 Å². The molecule has 0 bridgehead atoms. The van der Waals surface area contributed by atoms with Gasteiger partial charge in [0.25, 0.3) is 0 Å². The van der Waals surface area contributed by atoms with Crippen LogP contribution in [-0.4, -0.2) is 41.3 Å². The van der Waals surface area contributed by atoms with Gasteiger partial charge in [0.2, 0.25) is 0 Å². The number of hydrogen-bond acceptors (Lipinski definition) is 4. The highest BCUT2D eigenvalue weighted by Gasteiger charge is 2.26. The summed E-state index contributed by atoms with van der Waals surface area (Å²) in [4.78, 5) is 13.9. The van der Waals surface area contributed by atoms with Crippen molar-refractivity contribution >= 4 is 6.09 Å². The molecule has 1 aromatic carbocycles. The molecule has 5 nitrogen and oxygen atoms in total. The number of nitrogens with one attached hydrogen (secondary N) is 1. The van der Waals surface area contributed by atoms with Gasteiger partial charge in [0.15, 0.2) is 0 Å². The van der Waals surface area contributed by atoms with Gasteiger partial charge >= 0.3 is 6.09 Å². The summed E-state index contributed by atoms with van der Waals surface area (Å²) in [7, 11) is 0. The Morgan fingerprint density at radius 1 is 1.38 bits per heavy atom. The van der Waals surface area contributed by atoms with Gasteiger partial charge in [-0.2, -0.15) is 0 Å². The number of ether oxygens (including phenoxy) is 1. The molecule has 0 aliphatic carbocycles. The fraction of sp³-hybridized carbons (Fsp3) is 0.632. The van der Waals surface area contributed by atoms with E-state index in [0.717, 1.165) is 38.0 Å². The predicted molar refractivity (Wildman–Crippen MR) is 95.1 cm³/mol. The molecule has 1 unspecified atom stereocenters. The molecule has 134 valence electrons. The smallest absolute Gasteiger partial charge is 0.410 e. The third-order valence-electron chi connectivity index (χ3n) is 4.35. The highest BCUT2D eigenvalue weighted by molar-refractivity contribution is 5.68. The Kier molecular flexibility index (Phi) is 6.10. The fourth-order valence-electron chi connectivity index (χ4n) is 2.90. The van der Waals surface area contributed by atoms with Crippen molar-refractivity contribution in [3.05, 3.63) is 29.8 Å². The number of phenolic OH excluding ortho intramolecular Hbond substituents is 1. The van der Waals surface area contributed by atoms with Gasteiger partial charge in [-0.3, -0.25) is 0 Å². The third-order valence-corrected chi connectivity index (χ3v) is 4.35. The van der Waals surface area contributed by atoms with E-state index in [0.29, 0.717) is 11.7 Å². The summed E-state index contributed by atoms with van der Waals surface area (Å²) >= 11 is 0. The van der Waals surface area contributed by atoms with Gasteiger partial charge in [-0.05, 0) is 70.7 Å². The van der Waals surface area contributed by atoms with Crippen LogP contribution >= 0.6 is 0 Å². The Balaban J connectivity index is 1.74. The van der Waals surface area contributed by atoms with Crippen LogP contribution in [0.2, 0.25) is 0 Å². The highest BCUT2D eigenvalue weighted by atomic mass is 16.6. The molecule has 1 aliphatic rings. The summed E-state index contributed by atoms with van der Waals surface area (Å²) in [6.45, 7) is 10.2. The standard InChI is InChI=1S/C19H30N2O3/c1-14(16-6-5-7-17(22)12-16)20-13-15-8-10-21(11-9-15)18(23)24-19(2,3)4/h5-7,12,14-15,20,22H,8-11,13H2,1-4H3. The van der Waals surface area contributed by atoms with Gasteiger partial charge < -0.3 is 20.1 Å². The van der Waals surface area contributed by atoms with E-state index in [4.69, 9.17) is 4.74 Å². The lowest BCUT2D eigenvalue weighted by Gasteiger charge is -2.34. The number of carbonyl (C=O) groups is 1. The Bertz CT molecular complexity index is 546. The van der Waals surface area contributed by atoms with Gasteiger partial charge in [0, 0.05) is 19.1 Å². The second kappa shape index (κ2) is 7.88. The van der Waals surface area contributed by atoms with Gasteiger partial charge in [-0.25, -0.2) is 4.79 Å². The van der Waals surface area contributed by atoms with Crippen molar-refractivity contribution in [1.29, 1.82) is 0 Å². The van der Waals surface area contributed by atoms with Crippen molar-refractivity contribution in [3.63, 3.8) is 0 Å². The first-order valence-electron chi connectivity index (χ1n) is 8.75. The number of carbonyl (C=O) groups excluding carboxylic acids is 1. The number of amides is 1. The van der Waals surface area contributed by atoms with Crippen LogP contribution in [-0.2, 0) is 4.74 Å². The van der Waals surface area contributed by atoms with Crippen molar-refractivity contribution < 1.29 is 14.6 Å². The van der Waals surface area contributed by atoms with E-state index in [1.165, 1.54) is 0 Å². The number of benzene rings is 1. The second-order valence-electron chi connectivity index (χ2n) is 7.64. The van der Waals surface area contributed by atoms with Crippen LogP contribution in [0.15, 0.2) is 24.3 Å². The molecule has 1 atom stereocenters. The topological polar surface area (TPSA) is 61.8 Å². The van der Waals surface area contributed by atoms with Crippen LogP contribution in [0.25, 0.3) is 0 Å². The van der Waals surface area contributed by atoms with Crippen LogP contribution in [0.5, 0.6) is 5.75 Å². The maximum atomic E-state index is 12.1. The zero-order valence-corrected chi connectivity index (χ0v) is 15.2. The lowest BCUT2D eigenvalue weighted by molar-refractivity contribution is 0.0183. The Morgan fingerprint density at radius 2 is 2.04 bits per heavy atom. The first-order chi connectivity index (χ1) is 11.2. The number of hydrogen-bond donors (Lipinski definition) is 2. The van der Waals surface area contributed by atoms with E-state index in [-0.39, 0.29) is 12.1 Å². The molecule has 1 aliphatic heterocycles. The number of aromatic hydroxyl groups is 1. The second-order valence-corrected chi connectivity index (χ2v) is 7.64. The first-order valence-corrected chi connectivity index (χ1v) is 8.75. The summed E-state index contributed by atoms with van der Waals surface area (Å²) in [5.41, 5.74) is 0.646. The minimum atomic E-state index is -0.438. The Hall–Kier alpha value is -1.75. The van der Waals surface area contributed by atoms with Crippen LogP contribution in [0.1, 0.15) is 52.1 Å². The van der Waals surface area contributed by atoms with E-state index in [9.17, 15) is 9.90 Å². The molecule has 5 heteroatoms. The number of phenols is 1. The summed E-state index contributed by atoms with van der Waals surface area (Å²) in [5, 5.41) is 13.1. The van der Waals surface area contributed by atoms with Crippen molar-refractivity contribution in [3.8, 4) is 5.75 Å². The van der Waals surface area contributed by atoms with Crippen LogP contribution < -0.4 is 5.32 Å². The monoisotopic (exact) mass is 334 g/mol. The van der Waals surface area contributed by atoms with E-state index < -0.39 is 5.60 Å². The molecule has 0 aromatic heterocycles. The molecule has 1 fully saturated rings. The largest absolute Gasteiger partial charge is 0.508 e. The average Bonchev–Trinajstić information content (AvgIpc) is 2.51. The SMILES string of the molecule is CC(NCC1CCN(C(=O)OC(C)(C)C)CC1)c1cccc(O)c1. The molecule has 1 aromatic rings. The Labute approximate surface area is 145 Å². The van der Waals surface area contributed by atoms with Gasteiger partial charge in [-0.1, -0.05) is 12.1 Å². The van der Waals surface area contributed by atoms with Gasteiger partial charge in [0.05, 0.1) is 0 Å². The maximum absolute atomic E-state index is 12.1. The summed E-state index contributed by atoms with van der Waals surface area (Å²) in [6, 6.07) is 7.55. The molecule has 0 radical (unpaired) electrons. The average molecular weight is 334 g/mol. The van der Waals surface area contributed by atoms with Crippen molar-refractivity contribution in [2.24, 2.45) is 5.92 Å². The third kappa shape index (κ3) is 5.71. The predicted octanol–water partition coefficient (Wildman–Crippen LogP) is 3.69. The lowest BCUT2D eigenvalue weighted by atomic mass is 9.96. The zero-order chi connectivity index (χ0) is 17.7. The molecule has 1 saturated heterocycles. The van der Waals surface area contributed by atoms with Crippen molar-refractivity contribution in [1.82, 2.24) is 10.2 Å². The molecular formula is C19H30N2O3. The zero-order valence-electron chi connectivity index (χ0n) is 15.2. The number of rotatable bonds is 4. The van der Waals surface area contributed by atoms with Gasteiger partial charge in [0.1, 0.15) is 11.4 Å². The molecule has 2 rings (SSSR count). The van der Waals surface area contributed by atoms with E-state index in [2.05, 4.69) is 12.2 Å². The number of nitrogens with zero attached hydrogens (tertiary/aromatic N) is 1. The molecule has 1 amide bonds. The van der Waals surface area contributed by atoms with Crippen LogP contribution in [0, 0.1) is 5.92 Å². The summed E-state index contributed by atoms with van der Waals surface area (Å²) in [5.74, 6) is 0.857. The summed E-state index contributed by atoms with van der Waals surface area (Å²) < 4.78 is 5.43. The van der Waals surface area contributed by atoms with E-state index in [1.54, 1.807) is 17.0 Å². The molecule has 2 N–H and O–H groups in total. The quantitative estimate of drug-likeness (QED) is 0.881. The molecule has 0 spiro atoms. The normalized spacial score (nSPS) is 17.6. The number of likely N-dealkylation sites (tertiary alicyclic amines) is 1. The van der Waals surface area contributed by atoms with Crippen molar-refractivity contribution in [2.75, 3.05) is 19.6 Å². The maximum Gasteiger partial charge on any atom is 0.410 e. The molecule has 24 heavy (non-hydrogen) atoms. The Morgan fingerprint density at radius 3 is 2.62 bits per heavy atom. The fourth-order valence-corrected chi connectivity index (χ4v) is 2.90. The molecule has 1 heterocycles. The molecular weight excluding hydrogens is 304 g/mol. The molecule has 0 saturated carbocycles. The van der Waals surface area contributed by atoms with E-state index >= 15 is 0 Å². The minimum Gasteiger partial charge on any atom is -0.508 e. The number of piperidine rings is 1. The van der Waals surface area contributed by atoms with Crippen LogP contribution in [0.3, 0.4) is 0 Å².